The van der Waals surface area contributed by atoms with Gasteiger partial charge in [0.1, 0.15) is 0 Å². The van der Waals surface area contributed by atoms with E-state index < -0.39 is 0 Å². The van der Waals surface area contributed by atoms with Crippen LogP contribution in [0.4, 0.5) is 0 Å². The van der Waals surface area contributed by atoms with Crippen LogP contribution in [-0.2, 0) is 6.42 Å². The summed E-state index contributed by atoms with van der Waals surface area (Å²) in [7, 11) is 0. The summed E-state index contributed by atoms with van der Waals surface area (Å²) in [5.74, 6) is 0.558. The summed E-state index contributed by atoms with van der Waals surface area (Å²) in [6, 6.07) is 19.2. The first-order valence-corrected chi connectivity index (χ1v) is 9.82. The van der Waals surface area contributed by atoms with Crippen molar-refractivity contribution in [3.05, 3.63) is 90.7 Å². The second-order valence-electron chi connectivity index (χ2n) is 6.42. The Balaban J connectivity index is 0.00000109. The van der Waals surface area contributed by atoms with Crippen LogP contribution in [0.15, 0.2) is 84.4 Å². The Kier molecular flexibility index (Phi) is 6.95. The molecule has 1 fully saturated rings. The molecule has 132 valence electrons. The predicted octanol–water partition coefficient (Wildman–Crippen LogP) is 6.63. The molecule has 0 amide bonds. The second-order valence-corrected chi connectivity index (χ2v) is 7.26. The zero-order chi connectivity index (χ0) is 18.3. The molecule has 0 saturated heterocycles. The Morgan fingerprint density at radius 3 is 2.44 bits per heavy atom. The summed E-state index contributed by atoms with van der Waals surface area (Å²) in [4.78, 5) is 1.26. The molecule has 0 bridgehead atoms. The van der Waals surface area contributed by atoms with Gasteiger partial charge in [-0.05, 0) is 47.9 Å². The van der Waals surface area contributed by atoms with Gasteiger partial charge in [-0.15, -0.1) is 6.58 Å². The Bertz CT molecular complexity index is 707. The maximum Gasteiger partial charge on any atom is 0.0320 e. The molecule has 25 heavy (non-hydrogen) atoms. The molecule has 1 N–H and O–H groups in total. The van der Waals surface area contributed by atoms with Crippen LogP contribution >= 0.6 is 11.9 Å². The molecule has 1 aliphatic carbocycles. The molecule has 0 heterocycles. The van der Waals surface area contributed by atoms with Gasteiger partial charge in [0.2, 0.25) is 0 Å². The first kappa shape index (κ1) is 19.4. The molecule has 1 aliphatic rings. The third kappa shape index (κ3) is 4.79. The molecule has 2 unspecified atom stereocenters. The van der Waals surface area contributed by atoms with Gasteiger partial charge in [0, 0.05) is 16.0 Å². The van der Waals surface area contributed by atoms with Gasteiger partial charge in [-0.1, -0.05) is 82.0 Å². The van der Waals surface area contributed by atoms with Crippen LogP contribution < -0.4 is 4.72 Å². The van der Waals surface area contributed by atoms with Crippen molar-refractivity contribution in [1.82, 2.24) is 4.72 Å². The smallest absolute Gasteiger partial charge is 0.0320 e. The molecule has 2 aromatic rings. The van der Waals surface area contributed by atoms with Crippen LogP contribution in [0, 0.1) is 11.3 Å². The third-order valence-electron chi connectivity index (χ3n) is 4.77. The number of nitrogens with one attached hydrogen (secondary N) is 1. The monoisotopic (exact) mass is 351 g/mol. The average molecular weight is 352 g/mol. The summed E-state index contributed by atoms with van der Waals surface area (Å²) in [5.41, 5.74) is 3.94. The minimum atomic E-state index is 0.170. The SMILES string of the molecule is C=CC1CC1(C)C(=C)NSc1ccccc1Cc1ccccc1.CC. The lowest BCUT2D eigenvalue weighted by molar-refractivity contribution is 0.626. The van der Waals surface area contributed by atoms with E-state index in [1.54, 1.807) is 11.9 Å². The van der Waals surface area contributed by atoms with Gasteiger partial charge in [-0.25, -0.2) is 0 Å². The maximum atomic E-state index is 4.24. The van der Waals surface area contributed by atoms with E-state index in [2.05, 4.69) is 79.4 Å². The summed E-state index contributed by atoms with van der Waals surface area (Å²) >= 11 is 1.67. The van der Waals surface area contributed by atoms with Gasteiger partial charge in [0.05, 0.1) is 0 Å². The van der Waals surface area contributed by atoms with E-state index in [1.165, 1.54) is 16.0 Å². The van der Waals surface area contributed by atoms with Crippen molar-refractivity contribution in [3.63, 3.8) is 0 Å². The molecule has 0 aromatic heterocycles. The fourth-order valence-corrected chi connectivity index (χ4v) is 3.77. The highest BCUT2D eigenvalue weighted by Crippen LogP contribution is 2.57. The van der Waals surface area contributed by atoms with Crippen LogP contribution in [0.1, 0.15) is 38.3 Å². The lowest BCUT2D eigenvalue weighted by atomic mass is 10.0. The Labute approximate surface area is 157 Å². The van der Waals surface area contributed by atoms with Crippen LogP contribution in [0.3, 0.4) is 0 Å². The van der Waals surface area contributed by atoms with Crippen molar-refractivity contribution < 1.29 is 0 Å². The highest BCUT2D eigenvalue weighted by Gasteiger charge is 2.50. The van der Waals surface area contributed by atoms with Gasteiger partial charge in [-0.2, -0.15) is 0 Å². The number of hydrogen-bond acceptors (Lipinski definition) is 2. The zero-order valence-electron chi connectivity index (χ0n) is 15.6. The second kappa shape index (κ2) is 8.96. The fraction of sp³-hybridized carbons (Fsp3) is 0.304. The fourth-order valence-electron chi connectivity index (χ4n) is 2.89. The molecule has 2 aromatic carbocycles. The lowest BCUT2D eigenvalue weighted by Crippen LogP contribution is -2.13. The quantitative estimate of drug-likeness (QED) is 0.444. The zero-order valence-corrected chi connectivity index (χ0v) is 16.4. The van der Waals surface area contributed by atoms with Gasteiger partial charge in [-0.3, -0.25) is 0 Å². The van der Waals surface area contributed by atoms with E-state index >= 15 is 0 Å². The van der Waals surface area contributed by atoms with Crippen molar-refractivity contribution in [1.29, 1.82) is 0 Å². The Morgan fingerprint density at radius 1 is 1.16 bits per heavy atom. The van der Waals surface area contributed by atoms with E-state index in [9.17, 15) is 0 Å². The third-order valence-corrected chi connectivity index (χ3v) is 5.74. The van der Waals surface area contributed by atoms with Crippen LogP contribution in [0.5, 0.6) is 0 Å². The first-order chi connectivity index (χ1) is 12.1. The van der Waals surface area contributed by atoms with Crippen LogP contribution in [0.25, 0.3) is 0 Å². The van der Waals surface area contributed by atoms with Gasteiger partial charge in [0.25, 0.3) is 0 Å². The first-order valence-electron chi connectivity index (χ1n) is 9.00. The summed E-state index contributed by atoms with van der Waals surface area (Å²) in [6.07, 6.45) is 4.14. The summed E-state index contributed by atoms with van der Waals surface area (Å²) < 4.78 is 3.47. The van der Waals surface area contributed by atoms with Gasteiger partial charge in [0.15, 0.2) is 0 Å². The lowest BCUT2D eigenvalue weighted by Gasteiger charge is -2.17. The summed E-state index contributed by atoms with van der Waals surface area (Å²) in [5, 5.41) is 0. The molecule has 1 saturated carbocycles. The van der Waals surface area contributed by atoms with E-state index in [-0.39, 0.29) is 5.41 Å². The van der Waals surface area contributed by atoms with E-state index in [0.29, 0.717) is 5.92 Å². The van der Waals surface area contributed by atoms with Crippen LogP contribution in [0.2, 0.25) is 0 Å². The molecule has 0 radical (unpaired) electrons. The standard InChI is InChI=1S/C21H23NS.C2H6/c1-4-19-15-21(19,3)16(2)22-23-20-13-9-8-12-18(20)14-17-10-6-5-7-11-17;1-2/h4-13,19,22H,1-2,14-15H2,3H3;1-2H3. The minimum absolute atomic E-state index is 0.170. The number of rotatable bonds is 7. The number of hydrogen-bond donors (Lipinski definition) is 1. The predicted molar refractivity (Wildman–Crippen MR) is 112 cm³/mol. The van der Waals surface area contributed by atoms with Crippen molar-refractivity contribution in [2.75, 3.05) is 0 Å². The van der Waals surface area contributed by atoms with Gasteiger partial charge < -0.3 is 4.72 Å². The Morgan fingerprint density at radius 2 is 1.80 bits per heavy atom. The number of benzene rings is 2. The molecule has 1 nitrogen and oxygen atoms in total. The largest absolute Gasteiger partial charge is 0.329 e. The summed E-state index contributed by atoms with van der Waals surface area (Å²) in [6.45, 7) is 14.4. The molecule has 0 spiro atoms. The highest BCUT2D eigenvalue weighted by molar-refractivity contribution is 7.97. The van der Waals surface area contributed by atoms with E-state index in [4.69, 9.17) is 0 Å². The molecule has 3 rings (SSSR count). The van der Waals surface area contributed by atoms with E-state index in [0.717, 1.165) is 18.5 Å². The van der Waals surface area contributed by atoms with Crippen molar-refractivity contribution in [2.24, 2.45) is 11.3 Å². The Hall–Kier alpha value is -1.93. The molecule has 2 heteroatoms. The van der Waals surface area contributed by atoms with Gasteiger partial charge >= 0.3 is 0 Å². The minimum Gasteiger partial charge on any atom is -0.329 e. The maximum absolute atomic E-state index is 4.24. The van der Waals surface area contributed by atoms with Crippen molar-refractivity contribution in [3.8, 4) is 0 Å². The molecular weight excluding hydrogens is 322 g/mol. The topological polar surface area (TPSA) is 12.0 Å². The molecule has 0 aliphatic heterocycles. The van der Waals surface area contributed by atoms with Crippen molar-refractivity contribution >= 4 is 11.9 Å². The van der Waals surface area contributed by atoms with E-state index in [1.807, 2.05) is 19.9 Å². The van der Waals surface area contributed by atoms with Crippen molar-refractivity contribution in [2.45, 2.75) is 38.5 Å². The molecular formula is C23H29NS. The molecule has 2 atom stereocenters. The van der Waals surface area contributed by atoms with Crippen LogP contribution in [-0.4, -0.2) is 0 Å². The number of allylic oxidation sites excluding steroid dienone is 2. The average Bonchev–Trinajstić information content (AvgIpc) is 3.35. The normalized spacial score (nSPS) is 20.8. The highest BCUT2D eigenvalue weighted by atomic mass is 32.2.